The maximum Gasteiger partial charge on any atom is 0.0713 e. The van der Waals surface area contributed by atoms with Crippen molar-refractivity contribution in [2.45, 2.75) is 43.9 Å². The highest BCUT2D eigenvalue weighted by atomic mass is 15.1. The Labute approximate surface area is 435 Å². The molecule has 3 aliphatic carbocycles. The van der Waals surface area contributed by atoms with E-state index >= 15 is 0 Å². The minimum absolute atomic E-state index is 0.143. The third-order valence-electron chi connectivity index (χ3n) is 17.0. The van der Waals surface area contributed by atoms with Crippen LogP contribution in [0.15, 0.2) is 261 Å². The van der Waals surface area contributed by atoms with E-state index in [0.29, 0.717) is 0 Å². The Morgan fingerprint density at radius 1 is 0.257 bits per heavy atom. The summed E-state index contributed by atoms with van der Waals surface area (Å²) in [5.74, 6) is 0. The molecule has 0 heterocycles. The third-order valence-corrected chi connectivity index (χ3v) is 17.0. The lowest BCUT2D eigenvalue weighted by Gasteiger charge is -2.34. The van der Waals surface area contributed by atoms with Crippen molar-refractivity contribution in [1.29, 1.82) is 0 Å². The van der Waals surface area contributed by atoms with Crippen LogP contribution in [0.4, 0.5) is 17.1 Å². The van der Waals surface area contributed by atoms with E-state index in [2.05, 4.69) is 293 Å². The number of hydrogen-bond donors (Lipinski definition) is 0. The molecular formula is C73H55N. The Morgan fingerprint density at radius 3 is 1.27 bits per heavy atom. The molecule has 0 amide bonds. The van der Waals surface area contributed by atoms with Crippen molar-refractivity contribution in [2.75, 3.05) is 4.90 Å². The first-order valence-electron chi connectivity index (χ1n) is 26.2. The summed E-state index contributed by atoms with van der Waals surface area (Å²) in [6, 6.07) is 97.9. The predicted molar refractivity (Wildman–Crippen MR) is 310 cm³/mol. The summed E-state index contributed by atoms with van der Waals surface area (Å²) in [5, 5.41) is 0. The standard InChI is InChI=1S/C73H55N/c1-71(2)62-39-18-13-34-60(62)69-57(35-24-41-64(69)71)55-32-15-21-43-67(55)74(68-44-22-16-33-56(68)59-37-23-36-58-53-31-11-17-38-61(53)72(3,4)70(58)59)66-42-20-14-29-51(66)48-45-46-54-52-30-12-19-40-63(52)73(65(54)47-48,49-25-7-5-8-26-49)50-27-9-6-10-28-50/h5-47H,1-4H3. The summed E-state index contributed by atoms with van der Waals surface area (Å²) in [5.41, 5.74) is 28.0. The van der Waals surface area contributed by atoms with Crippen molar-refractivity contribution >= 4 is 17.1 Å². The average molecular weight is 946 g/mol. The van der Waals surface area contributed by atoms with Gasteiger partial charge in [-0.3, -0.25) is 0 Å². The van der Waals surface area contributed by atoms with Gasteiger partial charge in [-0.15, -0.1) is 0 Å². The molecule has 0 spiro atoms. The SMILES string of the molecule is CC1(C)c2ccccc2-c2c(-c3ccccc3N(c3ccccc3-c3ccc4c(c3)C(c3ccccc3)(c3ccccc3)c3ccccc3-4)c3ccccc3-c3cccc4c3C(C)(C)c3ccccc3-4)cccc21. The van der Waals surface area contributed by atoms with E-state index in [-0.39, 0.29) is 10.8 Å². The van der Waals surface area contributed by atoms with Gasteiger partial charge < -0.3 is 4.90 Å². The molecule has 0 saturated carbocycles. The molecule has 11 aromatic rings. The molecule has 0 aromatic heterocycles. The van der Waals surface area contributed by atoms with E-state index in [4.69, 9.17) is 0 Å². The van der Waals surface area contributed by atoms with Crippen LogP contribution in [0.25, 0.3) is 66.8 Å². The molecule has 0 fully saturated rings. The molecular weight excluding hydrogens is 891 g/mol. The Morgan fingerprint density at radius 2 is 0.649 bits per heavy atom. The van der Waals surface area contributed by atoms with Gasteiger partial charge in [-0.2, -0.15) is 0 Å². The van der Waals surface area contributed by atoms with Gasteiger partial charge in [-0.25, -0.2) is 0 Å². The number of para-hydroxylation sites is 3. The molecule has 14 rings (SSSR count). The fraction of sp³-hybridized carbons (Fsp3) is 0.0959. The predicted octanol–water partition coefficient (Wildman–Crippen LogP) is 19.1. The van der Waals surface area contributed by atoms with Crippen LogP contribution in [-0.4, -0.2) is 0 Å². The molecule has 0 saturated heterocycles. The fourth-order valence-corrected chi connectivity index (χ4v) is 13.8. The van der Waals surface area contributed by atoms with E-state index in [0.717, 1.165) is 28.2 Å². The van der Waals surface area contributed by atoms with Crippen LogP contribution in [0.1, 0.15) is 72.2 Å². The maximum absolute atomic E-state index is 2.59. The largest absolute Gasteiger partial charge is 0.309 e. The van der Waals surface area contributed by atoms with Crippen LogP contribution in [0.5, 0.6) is 0 Å². The van der Waals surface area contributed by atoms with Gasteiger partial charge in [-0.1, -0.05) is 264 Å². The van der Waals surface area contributed by atoms with Gasteiger partial charge in [0.05, 0.1) is 22.5 Å². The number of anilines is 3. The lowest BCUT2D eigenvalue weighted by atomic mass is 9.67. The van der Waals surface area contributed by atoms with Crippen LogP contribution in [0.3, 0.4) is 0 Å². The topological polar surface area (TPSA) is 3.24 Å². The summed E-state index contributed by atoms with van der Waals surface area (Å²) in [7, 11) is 0. The molecule has 11 aromatic carbocycles. The quantitative estimate of drug-likeness (QED) is 0.147. The highest BCUT2D eigenvalue weighted by Crippen LogP contribution is 2.60. The molecule has 0 N–H and O–H groups in total. The van der Waals surface area contributed by atoms with E-state index in [1.807, 2.05) is 0 Å². The van der Waals surface area contributed by atoms with Crippen molar-refractivity contribution in [3.63, 3.8) is 0 Å². The Kier molecular flexibility index (Phi) is 9.88. The zero-order valence-corrected chi connectivity index (χ0v) is 42.3. The van der Waals surface area contributed by atoms with Gasteiger partial charge in [-0.05, 0) is 119 Å². The third kappa shape index (κ3) is 6.23. The first-order valence-corrected chi connectivity index (χ1v) is 26.2. The Bertz CT molecular complexity index is 3980. The first kappa shape index (κ1) is 44.0. The molecule has 1 nitrogen and oxygen atoms in total. The van der Waals surface area contributed by atoms with Gasteiger partial charge in [0.15, 0.2) is 0 Å². The second-order valence-corrected chi connectivity index (χ2v) is 21.5. The lowest BCUT2D eigenvalue weighted by Crippen LogP contribution is -2.28. The normalized spacial score (nSPS) is 14.5. The maximum atomic E-state index is 2.59. The molecule has 0 unspecified atom stereocenters. The van der Waals surface area contributed by atoms with Gasteiger partial charge in [0.2, 0.25) is 0 Å². The summed E-state index contributed by atoms with van der Waals surface area (Å²) >= 11 is 0. The van der Waals surface area contributed by atoms with Crippen LogP contribution in [0.2, 0.25) is 0 Å². The summed E-state index contributed by atoms with van der Waals surface area (Å²) in [6.07, 6.45) is 0. The minimum Gasteiger partial charge on any atom is -0.309 e. The van der Waals surface area contributed by atoms with Crippen molar-refractivity contribution in [1.82, 2.24) is 0 Å². The molecule has 0 aliphatic heterocycles. The first-order chi connectivity index (χ1) is 36.3. The monoisotopic (exact) mass is 945 g/mol. The summed E-state index contributed by atoms with van der Waals surface area (Å²) < 4.78 is 0. The zero-order chi connectivity index (χ0) is 49.8. The summed E-state index contributed by atoms with van der Waals surface area (Å²) in [6.45, 7) is 9.56. The number of rotatable bonds is 8. The van der Waals surface area contributed by atoms with Crippen molar-refractivity contribution in [3.8, 4) is 66.8 Å². The Hall–Kier alpha value is -8.78. The average Bonchev–Trinajstić information content (AvgIpc) is 4.08. The van der Waals surface area contributed by atoms with E-state index in [9.17, 15) is 0 Å². The van der Waals surface area contributed by atoms with Gasteiger partial charge in [0.1, 0.15) is 0 Å². The second-order valence-electron chi connectivity index (χ2n) is 21.5. The molecule has 352 valence electrons. The molecule has 3 aliphatic rings. The zero-order valence-electron chi connectivity index (χ0n) is 42.3. The summed E-state index contributed by atoms with van der Waals surface area (Å²) in [4.78, 5) is 2.59. The number of fused-ring (bicyclic) bond motifs is 9. The number of benzene rings is 11. The molecule has 0 radical (unpaired) electrons. The van der Waals surface area contributed by atoms with Gasteiger partial charge in [0.25, 0.3) is 0 Å². The van der Waals surface area contributed by atoms with Crippen LogP contribution < -0.4 is 4.90 Å². The molecule has 0 bridgehead atoms. The van der Waals surface area contributed by atoms with Crippen molar-refractivity contribution < 1.29 is 0 Å². The smallest absolute Gasteiger partial charge is 0.0713 e. The minimum atomic E-state index is -0.534. The lowest BCUT2D eigenvalue weighted by molar-refractivity contribution is 0.660. The molecule has 74 heavy (non-hydrogen) atoms. The van der Waals surface area contributed by atoms with Gasteiger partial charge in [0, 0.05) is 27.5 Å². The van der Waals surface area contributed by atoms with E-state index in [1.165, 1.54) is 100 Å². The van der Waals surface area contributed by atoms with Crippen molar-refractivity contribution in [3.05, 3.63) is 305 Å². The fourth-order valence-electron chi connectivity index (χ4n) is 13.8. The Balaban J connectivity index is 1.04. The highest BCUT2D eigenvalue weighted by Gasteiger charge is 2.46. The second kappa shape index (κ2) is 16.6. The van der Waals surface area contributed by atoms with Crippen LogP contribution in [-0.2, 0) is 16.2 Å². The van der Waals surface area contributed by atoms with Crippen LogP contribution >= 0.6 is 0 Å². The molecule has 1 heteroatoms. The van der Waals surface area contributed by atoms with E-state index in [1.54, 1.807) is 0 Å². The van der Waals surface area contributed by atoms with Gasteiger partial charge >= 0.3 is 0 Å². The number of hydrogen-bond acceptors (Lipinski definition) is 1. The number of nitrogens with zero attached hydrogens (tertiary/aromatic N) is 1. The van der Waals surface area contributed by atoms with Crippen LogP contribution in [0, 0.1) is 0 Å². The molecule has 0 atom stereocenters. The van der Waals surface area contributed by atoms with E-state index < -0.39 is 5.41 Å². The van der Waals surface area contributed by atoms with Crippen molar-refractivity contribution in [2.24, 2.45) is 0 Å². The highest BCUT2D eigenvalue weighted by molar-refractivity contribution is 6.03.